The van der Waals surface area contributed by atoms with Crippen LogP contribution in [0, 0.1) is 0 Å². The number of thiophene rings is 1. The molecule has 0 saturated carbocycles. The monoisotopic (exact) mass is 336 g/mol. The standard InChI is InChI=1S/C11H16N2O4S3/c1-16-11(4-5-17-7-11)6-13-20(14,15)9-3-2-8(19-9)10(12)18/h2-3,13H,4-7H2,1H3,(H2,12,18). The number of methoxy groups -OCH3 is 1. The zero-order valence-electron chi connectivity index (χ0n) is 10.9. The molecule has 1 fully saturated rings. The lowest BCUT2D eigenvalue weighted by molar-refractivity contribution is -0.0120. The minimum atomic E-state index is -3.59. The average molecular weight is 336 g/mol. The Bertz CT molecular complexity index is 591. The zero-order chi connectivity index (χ0) is 14.8. The Morgan fingerprint density at radius 1 is 1.65 bits per heavy atom. The predicted molar refractivity (Wildman–Crippen MR) is 80.6 cm³/mol. The van der Waals surface area contributed by atoms with E-state index >= 15 is 0 Å². The smallest absolute Gasteiger partial charge is 0.250 e. The van der Waals surface area contributed by atoms with Gasteiger partial charge in [-0.15, -0.1) is 11.3 Å². The summed E-state index contributed by atoms with van der Waals surface area (Å²) in [4.78, 5) is 0.764. The Labute approximate surface area is 127 Å². The van der Waals surface area contributed by atoms with E-state index in [9.17, 15) is 8.42 Å². The van der Waals surface area contributed by atoms with E-state index in [1.807, 2.05) is 0 Å². The maximum Gasteiger partial charge on any atom is 0.250 e. The lowest BCUT2D eigenvalue weighted by Crippen LogP contribution is -2.44. The van der Waals surface area contributed by atoms with Gasteiger partial charge in [0.25, 0.3) is 0 Å². The van der Waals surface area contributed by atoms with Gasteiger partial charge in [-0.05, 0) is 12.1 Å². The van der Waals surface area contributed by atoms with Crippen LogP contribution >= 0.6 is 23.6 Å². The van der Waals surface area contributed by atoms with Gasteiger partial charge in [0, 0.05) is 26.7 Å². The second-order valence-electron chi connectivity index (χ2n) is 4.50. The van der Waals surface area contributed by atoms with Crippen LogP contribution in [-0.2, 0) is 19.5 Å². The fourth-order valence-corrected chi connectivity index (χ4v) is 4.37. The molecule has 0 radical (unpaired) electrons. The van der Waals surface area contributed by atoms with E-state index in [1.165, 1.54) is 6.07 Å². The number of thiocarbonyl (C=S) groups is 1. The number of nitrogens with two attached hydrogens (primary N) is 1. The molecule has 6 nitrogen and oxygen atoms in total. The first-order valence-corrected chi connectivity index (χ1v) is 8.62. The summed E-state index contributed by atoms with van der Waals surface area (Å²) in [5, 5.41) is 0. The molecule has 20 heavy (non-hydrogen) atoms. The van der Waals surface area contributed by atoms with Crippen LogP contribution in [-0.4, -0.2) is 45.9 Å². The van der Waals surface area contributed by atoms with Crippen LogP contribution in [0.4, 0.5) is 0 Å². The van der Waals surface area contributed by atoms with Crippen molar-refractivity contribution in [3.63, 3.8) is 0 Å². The molecule has 1 aliphatic heterocycles. The number of ether oxygens (including phenoxy) is 2. The summed E-state index contributed by atoms with van der Waals surface area (Å²) < 4.78 is 37.8. The van der Waals surface area contributed by atoms with Crippen LogP contribution in [0.2, 0.25) is 0 Å². The third kappa shape index (κ3) is 3.35. The predicted octanol–water partition coefficient (Wildman–Crippen LogP) is 0.466. The fourth-order valence-electron chi connectivity index (χ4n) is 1.86. The van der Waals surface area contributed by atoms with E-state index in [2.05, 4.69) is 4.72 Å². The van der Waals surface area contributed by atoms with E-state index < -0.39 is 15.6 Å². The molecule has 0 aliphatic carbocycles. The molecule has 0 bridgehead atoms. The Balaban J connectivity index is 2.08. The summed E-state index contributed by atoms with van der Waals surface area (Å²) in [7, 11) is -2.04. The fraction of sp³-hybridized carbons (Fsp3) is 0.545. The van der Waals surface area contributed by atoms with E-state index in [0.29, 0.717) is 24.5 Å². The quantitative estimate of drug-likeness (QED) is 0.734. The van der Waals surface area contributed by atoms with Crippen LogP contribution in [0.15, 0.2) is 16.3 Å². The Kier molecular flexibility index (Phi) is 4.77. The zero-order valence-corrected chi connectivity index (χ0v) is 13.4. The van der Waals surface area contributed by atoms with Gasteiger partial charge in [0.15, 0.2) is 0 Å². The average Bonchev–Trinajstić information content (AvgIpc) is 3.07. The minimum absolute atomic E-state index is 0.173. The molecule has 0 spiro atoms. The largest absolute Gasteiger partial charge is 0.389 e. The van der Waals surface area contributed by atoms with E-state index in [-0.39, 0.29) is 15.7 Å². The summed E-state index contributed by atoms with van der Waals surface area (Å²) in [6.07, 6.45) is 0.661. The van der Waals surface area contributed by atoms with Gasteiger partial charge < -0.3 is 15.2 Å². The number of hydrogen-bond donors (Lipinski definition) is 2. The maximum atomic E-state index is 12.2. The topological polar surface area (TPSA) is 90.7 Å². The molecule has 1 aromatic heterocycles. The van der Waals surface area contributed by atoms with E-state index in [0.717, 1.165) is 11.3 Å². The van der Waals surface area contributed by atoms with Crippen LogP contribution in [0.1, 0.15) is 11.3 Å². The molecule has 0 amide bonds. The third-order valence-corrected chi connectivity index (χ3v) is 6.53. The van der Waals surface area contributed by atoms with Crippen LogP contribution in [0.25, 0.3) is 0 Å². The van der Waals surface area contributed by atoms with Crippen LogP contribution in [0.3, 0.4) is 0 Å². The minimum Gasteiger partial charge on any atom is -0.389 e. The van der Waals surface area contributed by atoms with E-state index in [4.69, 9.17) is 27.4 Å². The highest BCUT2D eigenvalue weighted by atomic mass is 32.2. The molecule has 1 aliphatic rings. The highest BCUT2D eigenvalue weighted by molar-refractivity contribution is 7.91. The molecule has 3 N–H and O–H groups in total. The van der Waals surface area contributed by atoms with Crippen molar-refractivity contribution in [2.24, 2.45) is 5.73 Å². The molecule has 112 valence electrons. The van der Waals surface area contributed by atoms with Gasteiger partial charge in [0.2, 0.25) is 10.0 Å². The summed E-state index contributed by atoms with van der Waals surface area (Å²) in [5.74, 6) is 0. The molecule has 2 rings (SSSR count). The summed E-state index contributed by atoms with van der Waals surface area (Å²) in [6, 6.07) is 3.10. The summed E-state index contributed by atoms with van der Waals surface area (Å²) in [6.45, 7) is 1.13. The van der Waals surface area contributed by atoms with Crippen LogP contribution in [0.5, 0.6) is 0 Å². The first-order chi connectivity index (χ1) is 9.38. The lowest BCUT2D eigenvalue weighted by atomic mass is 10.0. The van der Waals surface area contributed by atoms with Gasteiger partial charge >= 0.3 is 0 Å². The first-order valence-electron chi connectivity index (χ1n) is 5.91. The molecule has 1 unspecified atom stereocenters. The van der Waals surface area contributed by atoms with Gasteiger partial charge in [-0.25, -0.2) is 13.1 Å². The van der Waals surface area contributed by atoms with Crippen molar-refractivity contribution in [2.75, 3.05) is 26.9 Å². The number of hydrogen-bond acceptors (Lipinski definition) is 6. The molecule has 1 saturated heterocycles. The molecule has 9 heteroatoms. The van der Waals surface area contributed by atoms with Crippen molar-refractivity contribution >= 4 is 38.6 Å². The van der Waals surface area contributed by atoms with Crippen molar-refractivity contribution in [1.82, 2.24) is 4.72 Å². The number of rotatable bonds is 6. The highest BCUT2D eigenvalue weighted by Gasteiger charge is 2.36. The van der Waals surface area contributed by atoms with Gasteiger partial charge in [0.05, 0.1) is 11.5 Å². The molecular formula is C11H16N2O4S3. The summed E-state index contributed by atoms with van der Waals surface area (Å²) >= 11 is 5.87. The summed E-state index contributed by atoms with van der Waals surface area (Å²) in [5.41, 5.74) is 4.89. The molecule has 1 atom stereocenters. The normalized spacial score (nSPS) is 23.1. The number of nitrogens with one attached hydrogen (secondary N) is 1. The van der Waals surface area contributed by atoms with Gasteiger partial charge in [-0.2, -0.15) is 0 Å². The SMILES string of the molecule is COC1(CNS(=O)(=O)c2ccc(C(N)=S)s2)CCOC1. The Morgan fingerprint density at radius 2 is 2.40 bits per heavy atom. The second kappa shape index (κ2) is 6.04. The Morgan fingerprint density at radius 3 is 2.90 bits per heavy atom. The van der Waals surface area contributed by atoms with Gasteiger partial charge in [0.1, 0.15) is 14.8 Å². The molecular weight excluding hydrogens is 320 g/mol. The van der Waals surface area contributed by atoms with Crippen molar-refractivity contribution in [2.45, 2.75) is 16.2 Å². The molecule has 0 aromatic carbocycles. The maximum absolute atomic E-state index is 12.2. The first kappa shape index (κ1) is 15.8. The van der Waals surface area contributed by atoms with Crippen molar-refractivity contribution in [3.05, 3.63) is 17.0 Å². The number of sulfonamides is 1. The van der Waals surface area contributed by atoms with Crippen molar-refractivity contribution in [1.29, 1.82) is 0 Å². The molecule has 2 heterocycles. The third-order valence-electron chi connectivity index (χ3n) is 3.17. The van der Waals surface area contributed by atoms with Gasteiger partial charge in [-0.3, -0.25) is 0 Å². The van der Waals surface area contributed by atoms with E-state index in [1.54, 1.807) is 13.2 Å². The Hall–Kier alpha value is -0.580. The van der Waals surface area contributed by atoms with Crippen molar-refractivity contribution < 1.29 is 17.9 Å². The van der Waals surface area contributed by atoms with Crippen molar-refractivity contribution in [3.8, 4) is 0 Å². The van der Waals surface area contributed by atoms with Gasteiger partial charge in [-0.1, -0.05) is 12.2 Å². The lowest BCUT2D eigenvalue weighted by Gasteiger charge is -2.25. The van der Waals surface area contributed by atoms with Crippen LogP contribution < -0.4 is 10.5 Å². The highest BCUT2D eigenvalue weighted by Crippen LogP contribution is 2.24. The second-order valence-corrected chi connectivity index (χ2v) is 8.01. The molecule has 1 aromatic rings.